The largest absolute Gasteiger partial charge is 0.273 e. The van der Waals surface area contributed by atoms with Gasteiger partial charge in [-0.15, -0.1) is 0 Å². The highest BCUT2D eigenvalue weighted by Gasteiger charge is 2.17. The number of benzene rings is 1. The number of H-pyrrole nitrogens is 1. The summed E-state index contributed by atoms with van der Waals surface area (Å²) in [6, 6.07) is 6.90. The molecule has 1 aromatic carbocycles. The van der Waals surface area contributed by atoms with Crippen LogP contribution in [0, 0.1) is 5.92 Å². The lowest BCUT2D eigenvalue weighted by Gasteiger charge is -2.22. The van der Waals surface area contributed by atoms with Crippen molar-refractivity contribution >= 4 is 10.8 Å². The van der Waals surface area contributed by atoms with Crippen LogP contribution in [0.4, 0.5) is 0 Å². The van der Waals surface area contributed by atoms with Gasteiger partial charge in [-0.3, -0.25) is 14.7 Å². The highest BCUT2D eigenvalue weighted by molar-refractivity contribution is 5.80. The Kier molecular flexibility index (Phi) is 2.85. The smallest absolute Gasteiger partial charge is 0.267 e. The molecule has 1 aliphatic rings. The van der Waals surface area contributed by atoms with Gasteiger partial charge in [-0.1, -0.05) is 31.2 Å². The summed E-state index contributed by atoms with van der Waals surface area (Å²) in [4.78, 5) is 24.4. The highest BCUT2D eigenvalue weighted by Crippen LogP contribution is 2.23. The zero-order chi connectivity index (χ0) is 13.4. The monoisotopic (exact) mass is 256 g/mol. The molecule has 4 nitrogen and oxygen atoms in total. The number of fused-ring (bicyclic) bond motifs is 1. The van der Waals surface area contributed by atoms with E-state index < -0.39 is 0 Å². The summed E-state index contributed by atoms with van der Waals surface area (Å²) in [6.45, 7) is 2.15. The van der Waals surface area contributed by atoms with E-state index in [4.69, 9.17) is 0 Å². The number of rotatable bonds is 1. The van der Waals surface area contributed by atoms with E-state index in [-0.39, 0.29) is 17.2 Å². The minimum Gasteiger partial charge on any atom is -0.267 e. The van der Waals surface area contributed by atoms with Crippen LogP contribution >= 0.6 is 0 Å². The Bertz CT molecular complexity index is 755. The number of nitrogens with zero attached hydrogens (tertiary/aromatic N) is 1. The van der Waals surface area contributed by atoms with Gasteiger partial charge in [0.1, 0.15) is 0 Å². The normalized spacial score (nSPS) is 22.8. The van der Waals surface area contributed by atoms with E-state index in [9.17, 15) is 9.59 Å². The van der Waals surface area contributed by atoms with Gasteiger partial charge in [-0.25, -0.2) is 4.68 Å². The van der Waals surface area contributed by atoms with Crippen molar-refractivity contribution in [1.29, 1.82) is 0 Å². The van der Waals surface area contributed by atoms with E-state index in [2.05, 4.69) is 18.1 Å². The summed E-state index contributed by atoms with van der Waals surface area (Å²) in [5.41, 5.74) is -0.332. The van der Waals surface area contributed by atoms with E-state index >= 15 is 0 Å². The first-order chi connectivity index (χ1) is 9.16. The van der Waals surface area contributed by atoms with Crippen LogP contribution in [0.25, 0.3) is 10.8 Å². The predicted molar refractivity (Wildman–Crippen MR) is 75.4 cm³/mol. The van der Waals surface area contributed by atoms with E-state index in [1.807, 2.05) is 6.08 Å². The summed E-state index contributed by atoms with van der Waals surface area (Å²) in [5, 5.41) is 3.64. The number of allylic oxidation sites excluding steroid dienone is 2. The average molecular weight is 256 g/mol. The van der Waals surface area contributed by atoms with E-state index in [1.54, 1.807) is 24.3 Å². The van der Waals surface area contributed by atoms with Crippen molar-refractivity contribution < 1.29 is 0 Å². The number of aromatic nitrogens is 2. The molecule has 19 heavy (non-hydrogen) atoms. The molecule has 4 heteroatoms. The zero-order valence-corrected chi connectivity index (χ0v) is 10.8. The Morgan fingerprint density at radius 2 is 1.84 bits per heavy atom. The molecule has 2 aromatic rings. The molecule has 0 aliphatic heterocycles. The molecular weight excluding hydrogens is 240 g/mol. The second-order valence-corrected chi connectivity index (χ2v) is 5.17. The lowest BCUT2D eigenvalue weighted by atomic mass is 9.94. The zero-order valence-electron chi connectivity index (χ0n) is 10.8. The number of hydrogen-bond acceptors (Lipinski definition) is 2. The molecule has 0 fully saturated rings. The molecule has 0 saturated carbocycles. The maximum Gasteiger partial charge on any atom is 0.273 e. The van der Waals surface area contributed by atoms with Crippen molar-refractivity contribution in [2.45, 2.75) is 25.8 Å². The molecule has 1 N–H and O–H groups in total. The number of nitrogens with one attached hydrogen (secondary N) is 1. The van der Waals surface area contributed by atoms with Gasteiger partial charge in [-0.05, 0) is 30.9 Å². The first-order valence-corrected chi connectivity index (χ1v) is 6.58. The van der Waals surface area contributed by atoms with Crippen LogP contribution in [0.2, 0.25) is 0 Å². The maximum absolute atomic E-state index is 12.4. The molecule has 98 valence electrons. The molecule has 0 spiro atoms. The molecule has 1 aromatic heterocycles. The Morgan fingerprint density at radius 3 is 2.53 bits per heavy atom. The molecule has 0 amide bonds. The summed E-state index contributed by atoms with van der Waals surface area (Å²) < 4.78 is 1.47. The lowest BCUT2D eigenvalue weighted by Crippen LogP contribution is -2.33. The van der Waals surface area contributed by atoms with E-state index in [0.29, 0.717) is 16.7 Å². The van der Waals surface area contributed by atoms with Crippen molar-refractivity contribution in [2.24, 2.45) is 5.92 Å². The van der Waals surface area contributed by atoms with Crippen molar-refractivity contribution in [3.8, 4) is 0 Å². The van der Waals surface area contributed by atoms with Crippen LogP contribution in [0.15, 0.2) is 46.0 Å². The molecule has 0 unspecified atom stereocenters. The summed E-state index contributed by atoms with van der Waals surface area (Å²) in [5.74, 6) is 0.541. The molecule has 1 heterocycles. The maximum atomic E-state index is 12.4. The number of aromatic amines is 1. The second kappa shape index (κ2) is 4.53. The van der Waals surface area contributed by atoms with Crippen LogP contribution in [0.3, 0.4) is 0 Å². The molecule has 0 radical (unpaired) electrons. The Labute approximate surface area is 110 Å². The highest BCUT2D eigenvalue weighted by atomic mass is 16.2. The SMILES string of the molecule is C[C@H]1C=C[C@H](n2[nH]c(=O)c3ccccc3c2=O)CC1. The van der Waals surface area contributed by atoms with Gasteiger partial charge in [-0.2, -0.15) is 0 Å². The van der Waals surface area contributed by atoms with Crippen molar-refractivity contribution in [1.82, 2.24) is 9.78 Å². The first kappa shape index (κ1) is 12.0. The van der Waals surface area contributed by atoms with Crippen LogP contribution in [0.5, 0.6) is 0 Å². The third-order valence-corrected chi connectivity index (χ3v) is 3.75. The quantitative estimate of drug-likeness (QED) is 0.795. The number of hydrogen-bond donors (Lipinski definition) is 1. The minimum atomic E-state index is -0.206. The fraction of sp³-hybridized carbons (Fsp3) is 0.333. The standard InChI is InChI=1S/C15H16N2O2/c1-10-6-8-11(9-7-10)17-15(19)13-5-3-2-4-12(13)14(18)16-17/h2-6,8,10-11H,7,9H2,1H3,(H,16,18)/t10-,11-/m0/s1. The third-order valence-electron chi connectivity index (χ3n) is 3.75. The molecule has 0 bridgehead atoms. The van der Waals surface area contributed by atoms with Crippen LogP contribution in [0.1, 0.15) is 25.8 Å². The van der Waals surface area contributed by atoms with Gasteiger partial charge in [0.25, 0.3) is 11.1 Å². The predicted octanol–water partition coefficient (Wildman–Crippen LogP) is 2.22. The minimum absolute atomic E-state index is 0.0407. The first-order valence-electron chi connectivity index (χ1n) is 6.58. The summed E-state index contributed by atoms with van der Waals surface area (Å²) >= 11 is 0. The van der Waals surface area contributed by atoms with Crippen molar-refractivity contribution in [3.05, 3.63) is 57.1 Å². The third kappa shape index (κ3) is 2.03. The molecule has 2 atom stereocenters. The Balaban J connectivity index is 2.21. The van der Waals surface area contributed by atoms with Crippen LogP contribution in [-0.2, 0) is 0 Å². The van der Waals surface area contributed by atoms with Crippen LogP contribution in [-0.4, -0.2) is 9.78 Å². The van der Waals surface area contributed by atoms with Gasteiger partial charge >= 0.3 is 0 Å². The molecular formula is C15H16N2O2. The molecule has 1 aliphatic carbocycles. The van der Waals surface area contributed by atoms with E-state index in [1.165, 1.54) is 4.68 Å². The van der Waals surface area contributed by atoms with Crippen molar-refractivity contribution in [3.63, 3.8) is 0 Å². The van der Waals surface area contributed by atoms with Crippen LogP contribution < -0.4 is 11.1 Å². The molecule has 3 rings (SSSR count). The fourth-order valence-corrected chi connectivity index (χ4v) is 2.61. The van der Waals surface area contributed by atoms with Gasteiger partial charge < -0.3 is 0 Å². The van der Waals surface area contributed by atoms with Gasteiger partial charge in [0.05, 0.1) is 16.8 Å². The Hall–Kier alpha value is -2.10. The topological polar surface area (TPSA) is 54.9 Å². The van der Waals surface area contributed by atoms with Gasteiger partial charge in [0, 0.05) is 0 Å². The van der Waals surface area contributed by atoms with E-state index in [0.717, 1.165) is 12.8 Å². The Morgan fingerprint density at radius 1 is 1.11 bits per heavy atom. The summed E-state index contributed by atoms with van der Waals surface area (Å²) in [7, 11) is 0. The lowest BCUT2D eigenvalue weighted by molar-refractivity contribution is 0.419. The van der Waals surface area contributed by atoms with Crippen molar-refractivity contribution in [2.75, 3.05) is 0 Å². The average Bonchev–Trinajstić information content (AvgIpc) is 2.44. The molecule has 0 saturated heterocycles. The summed E-state index contributed by atoms with van der Waals surface area (Å²) in [6.07, 6.45) is 6.03. The second-order valence-electron chi connectivity index (χ2n) is 5.17. The van der Waals surface area contributed by atoms with Gasteiger partial charge in [0.2, 0.25) is 0 Å². The van der Waals surface area contributed by atoms with Gasteiger partial charge in [0.15, 0.2) is 0 Å². The fourth-order valence-electron chi connectivity index (χ4n) is 2.61.